The van der Waals surface area contributed by atoms with Gasteiger partial charge < -0.3 is 4.74 Å². The lowest BCUT2D eigenvalue weighted by molar-refractivity contribution is 0.101. The van der Waals surface area contributed by atoms with Gasteiger partial charge in [0.05, 0.1) is 0 Å². The standard InChI is InChI=1S/C25H27O2PS/c1-4-25(3,28-24-13-9-8-12-21(24)18(2)26)22-16-20(29)14-15-23(22)27-17-19-10-6-5-7-11-19/h5-16,28-29H,4,17H2,1-3H3. The van der Waals surface area contributed by atoms with Crippen LogP contribution >= 0.6 is 21.2 Å². The number of thiol groups is 1. The van der Waals surface area contributed by atoms with Gasteiger partial charge in [0.15, 0.2) is 5.78 Å². The molecule has 29 heavy (non-hydrogen) atoms. The highest BCUT2D eigenvalue weighted by Crippen LogP contribution is 2.48. The molecule has 3 rings (SSSR count). The van der Waals surface area contributed by atoms with Gasteiger partial charge in [-0.3, -0.25) is 4.79 Å². The molecule has 0 spiro atoms. The van der Waals surface area contributed by atoms with Crippen molar-refractivity contribution in [2.24, 2.45) is 0 Å². The van der Waals surface area contributed by atoms with E-state index >= 15 is 0 Å². The highest BCUT2D eigenvalue weighted by atomic mass is 32.1. The Morgan fingerprint density at radius 2 is 1.72 bits per heavy atom. The summed E-state index contributed by atoms with van der Waals surface area (Å²) < 4.78 is 6.25. The van der Waals surface area contributed by atoms with Gasteiger partial charge in [-0.25, -0.2) is 0 Å². The maximum Gasteiger partial charge on any atom is 0.160 e. The lowest BCUT2D eigenvalue weighted by Crippen LogP contribution is -2.22. The molecule has 0 radical (unpaired) electrons. The van der Waals surface area contributed by atoms with Crippen LogP contribution in [0.3, 0.4) is 0 Å². The molecule has 0 N–H and O–H groups in total. The van der Waals surface area contributed by atoms with Crippen LogP contribution in [0.2, 0.25) is 0 Å². The second-order valence-electron chi connectivity index (χ2n) is 7.37. The fraction of sp³-hybridized carbons (Fsp3) is 0.240. The number of hydrogen-bond donors (Lipinski definition) is 1. The fourth-order valence-electron chi connectivity index (χ4n) is 3.35. The van der Waals surface area contributed by atoms with Crippen molar-refractivity contribution in [2.45, 2.75) is 43.9 Å². The Balaban J connectivity index is 1.95. The van der Waals surface area contributed by atoms with E-state index < -0.39 is 0 Å². The van der Waals surface area contributed by atoms with Crippen LogP contribution in [0.15, 0.2) is 77.7 Å². The van der Waals surface area contributed by atoms with Gasteiger partial charge >= 0.3 is 0 Å². The summed E-state index contributed by atoms with van der Waals surface area (Å²) in [6.45, 7) is 6.60. The summed E-state index contributed by atoms with van der Waals surface area (Å²) in [5.41, 5.74) is 3.08. The number of ether oxygens (including phenoxy) is 1. The van der Waals surface area contributed by atoms with E-state index in [0.717, 1.165) is 39.1 Å². The third kappa shape index (κ3) is 5.29. The largest absolute Gasteiger partial charge is 0.489 e. The predicted molar refractivity (Wildman–Crippen MR) is 127 cm³/mol. The minimum Gasteiger partial charge on any atom is -0.489 e. The molecule has 4 heteroatoms. The van der Waals surface area contributed by atoms with Crippen LogP contribution < -0.4 is 10.0 Å². The van der Waals surface area contributed by atoms with Gasteiger partial charge in [0.25, 0.3) is 0 Å². The van der Waals surface area contributed by atoms with E-state index in [1.54, 1.807) is 6.92 Å². The maximum absolute atomic E-state index is 12.1. The first-order chi connectivity index (χ1) is 13.9. The summed E-state index contributed by atoms with van der Waals surface area (Å²) in [6.07, 6.45) is 0.927. The summed E-state index contributed by atoms with van der Waals surface area (Å²) in [7, 11) is 0.447. The van der Waals surface area contributed by atoms with Gasteiger partial charge in [-0.05, 0) is 42.4 Å². The van der Waals surface area contributed by atoms with Gasteiger partial charge in [0.1, 0.15) is 12.4 Å². The average Bonchev–Trinajstić information content (AvgIpc) is 2.73. The van der Waals surface area contributed by atoms with E-state index in [-0.39, 0.29) is 10.9 Å². The molecule has 2 atom stereocenters. The zero-order chi connectivity index (χ0) is 20.9. The topological polar surface area (TPSA) is 26.3 Å². The van der Waals surface area contributed by atoms with Crippen molar-refractivity contribution in [1.29, 1.82) is 0 Å². The third-order valence-electron chi connectivity index (χ3n) is 5.22. The molecule has 0 aliphatic carbocycles. The van der Waals surface area contributed by atoms with Crippen LogP contribution in [0, 0.1) is 0 Å². The molecule has 0 fully saturated rings. The molecule has 2 nitrogen and oxygen atoms in total. The number of carbonyl (C=O) groups excluding carboxylic acids is 1. The molecule has 3 aromatic rings. The Hall–Kier alpha value is -2.09. The average molecular weight is 423 g/mol. The SMILES string of the molecule is CCC(C)(Pc1ccccc1C(C)=O)c1cc(S)ccc1OCc1ccccc1. The van der Waals surface area contributed by atoms with Crippen molar-refractivity contribution in [3.8, 4) is 5.75 Å². The van der Waals surface area contributed by atoms with E-state index in [1.807, 2.05) is 48.5 Å². The monoisotopic (exact) mass is 422 g/mol. The first-order valence-electron chi connectivity index (χ1n) is 9.81. The first-order valence-corrected chi connectivity index (χ1v) is 11.3. The van der Waals surface area contributed by atoms with Crippen molar-refractivity contribution in [2.75, 3.05) is 0 Å². The normalized spacial score (nSPS) is 13.4. The molecule has 150 valence electrons. The van der Waals surface area contributed by atoms with Gasteiger partial charge in [-0.15, -0.1) is 12.6 Å². The van der Waals surface area contributed by atoms with Crippen LogP contribution in [0.4, 0.5) is 0 Å². The highest BCUT2D eigenvalue weighted by Gasteiger charge is 2.30. The van der Waals surface area contributed by atoms with Crippen molar-refractivity contribution < 1.29 is 9.53 Å². The third-order valence-corrected chi connectivity index (χ3v) is 7.38. The molecular formula is C25H27O2PS. The summed E-state index contributed by atoms with van der Waals surface area (Å²) in [4.78, 5) is 13.0. The van der Waals surface area contributed by atoms with E-state index in [9.17, 15) is 4.79 Å². The Kier molecular flexibility index (Phi) is 7.16. The predicted octanol–water partition coefficient (Wildman–Crippen LogP) is 6.39. The molecule has 0 heterocycles. The Labute approximate surface area is 180 Å². The Morgan fingerprint density at radius 1 is 1.03 bits per heavy atom. The number of rotatable bonds is 8. The molecule has 0 saturated heterocycles. The molecule has 0 saturated carbocycles. The molecule has 0 aromatic heterocycles. The van der Waals surface area contributed by atoms with E-state index in [1.165, 1.54) is 0 Å². The molecule has 0 aliphatic rings. The maximum atomic E-state index is 12.1. The molecular weight excluding hydrogens is 395 g/mol. The molecule has 3 aromatic carbocycles. The summed E-state index contributed by atoms with van der Waals surface area (Å²) >= 11 is 4.58. The summed E-state index contributed by atoms with van der Waals surface area (Å²) in [5.74, 6) is 0.985. The number of hydrogen-bond acceptors (Lipinski definition) is 3. The number of carbonyl (C=O) groups is 1. The number of ketones is 1. The quantitative estimate of drug-likeness (QED) is 0.259. The van der Waals surface area contributed by atoms with Gasteiger partial charge in [0.2, 0.25) is 0 Å². The van der Waals surface area contributed by atoms with E-state index in [0.29, 0.717) is 15.2 Å². The summed E-state index contributed by atoms with van der Waals surface area (Å²) in [5, 5.41) is 0.943. The van der Waals surface area contributed by atoms with Crippen LogP contribution in [-0.4, -0.2) is 5.78 Å². The fourth-order valence-corrected chi connectivity index (χ4v) is 5.23. The second-order valence-corrected chi connectivity index (χ2v) is 9.78. The van der Waals surface area contributed by atoms with Crippen molar-refractivity contribution in [1.82, 2.24) is 0 Å². The van der Waals surface area contributed by atoms with E-state index in [2.05, 4.69) is 50.7 Å². The number of Topliss-reactive ketones (excluding diaryl/α,β-unsaturated/α-hetero) is 1. The lowest BCUT2D eigenvalue weighted by Gasteiger charge is -2.32. The van der Waals surface area contributed by atoms with Gasteiger partial charge in [-0.2, -0.15) is 0 Å². The molecule has 2 unspecified atom stereocenters. The molecule has 0 aliphatic heterocycles. The number of benzene rings is 3. The lowest BCUT2D eigenvalue weighted by atomic mass is 9.96. The Bertz CT molecular complexity index is 987. The second kappa shape index (κ2) is 9.61. The smallest absolute Gasteiger partial charge is 0.160 e. The van der Waals surface area contributed by atoms with Gasteiger partial charge in [0, 0.05) is 21.2 Å². The van der Waals surface area contributed by atoms with Gasteiger partial charge in [-0.1, -0.05) is 77.0 Å². The summed E-state index contributed by atoms with van der Waals surface area (Å²) in [6, 6.07) is 24.2. The van der Waals surface area contributed by atoms with Crippen LogP contribution in [-0.2, 0) is 11.8 Å². The van der Waals surface area contributed by atoms with Crippen LogP contribution in [0.1, 0.15) is 48.7 Å². The minimum absolute atomic E-state index is 0.107. The minimum atomic E-state index is -0.156. The zero-order valence-electron chi connectivity index (χ0n) is 17.1. The van der Waals surface area contributed by atoms with E-state index in [4.69, 9.17) is 4.74 Å². The molecule has 0 bridgehead atoms. The first kappa shape index (κ1) is 21.6. The van der Waals surface area contributed by atoms with Crippen molar-refractivity contribution >= 4 is 32.3 Å². The highest BCUT2D eigenvalue weighted by molar-refractivity contribution is 7.80. The van der Waals surface area contributed by atoms with Crippen LogP contribution in [0.25, 0.3) is 0 Å². The van der Waals surface area contributed by atoms with Crippen LogP contribution in [0.5, 0.6) is 5.75 Å². The molecule has 0 amide bonds. The van der Waals surface area contributed by atoms with Crippen molar-refractivity contribution in [3.63, 3.8) is 0 Å². The zero-order valence-corrected chi connectivity index (χ0v) is 19.0. The Morgan fingerprint density at radius 3 is 2.41 bits per heavy atom. The van der Waals surface area contributed by atoms with Crippen molar-refractivity contribution in [3.05, 3.63) is 89.5 Å².